The number of rotatable bonds is 6. The number of nitrogens with zero attached hydrogens (tertiary/aromatic N) is 3. The summed E-state index contributed by atoms with van der Waals surface area (Å²) in [6.45, 7) is 1.19. The smallest absolute Gasteiger partial charge is 0.417 e. The van der Waals surface area contributed by atoms with Crippen molar-refractivity contribution in [3.63, 3.8) is 0 Å². The lowest BCUT2D eigenvalue weighted by Gasteiger charge is -2.20. The second-order valence-corrected chi connectivity index (χ2v) is 8.94. The number of hydrogen-bond donors (Lipinski definition) is 3. The molecule has 3 amide bonds. The zero-order valence-corrected chi connectivity index (χ0v) is 22.1. The number of hydrogen-bond acceptors (Lipinski definition) is 7. The lowest BCUT2D eigenvalue weighted by Crippen LogP contribution is -2.23. The molecule has 4 rings (SSSR count). The Morgan fingerprint density at radius 2 is 1.71 bits per heavy atom. The molecular weight excluding hydrogens is 559 g/mol. The lowest BCUT2D eigenvalue weighted by atomic mass is 9.92. The predicted octanol–water partition coefficient (Wildman–Crippen LogP) is 4.68. The minimum Gasteiger partial charge on any atom is -0.478 e. The van der Waals surface area contributed by atoms with E-state index < -0.39 is 46.7 Å². The van der Waals surface area contributed by atoms with Gasteiger partial charge < -0.3 is 25.2 Å². The van der Waals surface area contributed by atoms with Crippen molar-refractivity contribution in [2.45, 2.75) is 13.1 Å². The molecule has 0 aliphatic carbocycles. The highest BCUT2D eigenvalue weighted by molar-refractivity contribution is 6.14. The number of nitrogens with one attached hydrogen (secondary N) is 2. The van der Waals surface area contributed by atoms with Crippen LogP contribution in [0.3, 0.4) is 0 Å². The fourth-order valence-corrected chi connectivity index (χ4v) is 4.17. The van der Waals surface area contributed by atoms with E-state index in [9.17, 15) is 37.5 Å². The van der Waals surface area contributed by atoms with Crippen LogP contribution in [0.5, 0.6) is 0 Å². The summed E-state index contributed by atoms with van der Waals surface area (Å²) in [4.78, 5) is 50.4. The number of carboxylic acid groups (broad SMARTS) is 1. The van der Waals surface area contributed by atoms with Crippen molar-refractivity contribution in [3.05, 3.63) is 76.5 Å². The number of aromatic nitrogens is 1. The summed E-state index contributed by atoms with van der Waals surface area (Å²) in [7, 11) is 2.59. The van der Waals surface area contributed by atoms with Gasteiger partial charge in [0.15, 0.2) is 11.3 Å². The third-order valence-electron chi connectivity index (χ3n) is 6.38. The minimum atomic E-state index is -4.91. The Labute approximate surface area is 235 Å². The molecule has 0 unspecified atom stereocenters. The molecule has 0 radical (unpaired) electrons. The van der Waals surface area contributed by atoms with Gasteiger partial charge in [-0.2, -0.15) is 18.4 Å². The van der Waals surface area contributed by atoms with Crippen LogP contribution in [-0.2, 0) is 11.0 Å². The van der Waals surface area contributed by atoms with E-state index in [4.69, 9.17) is 9.78 Å². The molecule has 0 spiro atoms. The van der Waals surface area contributed by atoms with Crippen LogP contribution in [0, 0.1) is 11.3 Å². The van der Waals surface area contributed by atoms with Gasteiger partial charge in [-0.3, -0.25) is 14.4 Å². The molecule has 1 heterocycles. The number of carboxylic acids is 1. The molecule has 214 valence electrons. The van der Waals surface area contributed by atoms with Crippen LogP contribution in [0.25, 0.3) is 22.1 Å². The third kappa shape index (κ3) is 5.48. The summed E-state index contributed by atoms with van der Waals surface area (Å²) in [6.07, 6.45) is -4.91. The van der Waals surface area contributed by atoms with Gasteiger partial charge in [0.2, 0.25) is 5.91 Å². The highest BCUT2D eigenvalue weighted by Gasteiger charge is 2.36. The van der Waals surface area contributed by atoms with E-state index >= 15 is 0 Å². The first kappa shape index (κ1) is 29.3. The van der Waals surface area contributed by atoms with Crippen molar-refractivity contribution in [3.8, 4) is 17.2 Å². The molecule has 14 heteroatoms. The maximum absolute atomic E-state index is 14.3. The predicted molar refractivity (Wildman–Crippen MR) is 143 cm³/mol. The zero-order valence-electron chi connectivity index (χ0n) is 22.1. The Hall–Kier alpha value is -5.71. The topological polar surface area (TPSA) is 166 Å². The number of amides is 3. The number of anilines is 2. The van der Waals surface area contributed by atoms with Gasteiger partial charge in [-0.25, -0.2) is 4.79 Å². The molecule has 0 aliphatic heterocycles. The van der Waals surface area contributed by atoms with Crippen molar-refractivity contribution >= 4 is 46.0 Å². The quantitative estimate of drug-likeness (QED) is 0.296. The van der Waals surface area contributed by atoms with E-state index in [1.54, 1.807) is 6.07 Å². The van der Waals surface area contributed by atoms with Crippen LogP contribution < -0.4 is 15.5 Å². The van der Waals surface area contributed by atoms with Gasteiger partial charge in [-0.1, -0.05) is 11.2 Å². The van der Waals surface area contributed by atoms with Crippen molar-refractivity contribution in [1.29, 1.82) is 5.26 Å². The second-order valence-electron chi connectivity index (χ2n) is 8.94. The molecule has 11 nitrogen and oxygen atoms in total. The molecule has 0 fully saturated rings. The molecule has 42 heavy (non-hydrogen) atoms. The van der Waals surface area contributed by atoms with E-state index in [2.05, 4.69) is 15.8 Å². The van der Waals surface area contributed by atoms with Crippen LogP contribution >= 0.6 is 0 Å². The monoisotopic (exact) mass is 579 g/mol. The SMILES string of the molecule is CNC(=O)c1cc2onc(C(=O)Nc3ccc(C#N)cc3C(=O)O)c2cc1-c1ccc(N(C)C(C)=O)cc1C(F)(F)F. The number of carbonyl (C=O) groups is 4. The molecule has 3 aromatic carbocycles. The van der Waals surface area contributed by atoms with E-state index in [-0.39, 0.29) is 44.6 Å². The number of benzene rings is 3. The van der Waals surface area contributed by atoms with Crippen molar-refractivity contribution < 1.29 is 42.0 Å². The summed E-state index contributed by atoms with van der Waals surface area (Å²) in [5.74, 6) is -3.65. The summed E-state index contributed by atoms with van der Waals surface area (Å²) < 4.78 is 48.1. The summed E-state index contributed by atoms with van der Waals surface area (Å²) in [6, 6.07) is 10.8. The number of halogens is 3. The molecular formula is C28H20F3N5O6. The van der Waals surface area contributed by atoms with Gasteiger partial charge in [0.25, 0.3) is 11.8 Å². The molecule has 0 saturated heterocycles. The molecule has 0 aliphatic rings. The maximum atomic E-state index is 14.3. The van der Waals surface area contributed by atoms with E-state index in [0.717, 1.165) is 35.2 Å². The van der Waals surface area contributed by atoms with Gasteiger partial charge in [0.1, 0.15) is 0 Å². The average molecular weight is 579 g/mol. The number of nitriles is 1. The number of carbonyl (C=O) groups excluding carboxylic acids is 3. The Morgan fingerprint density at radius 1 is 1.00 bits per heavy atom. The number of fused-ring (bicyclic) bond motifs is 1. The lowest BCUT2D eigenvalue weighted by molar-refractivity contribution is -0.137. The normalized spacial score (nSPS) is 11.1. The largest absolute Gasteiger partial charge is 0.478 e. The number of alkyl halides is 3. The van der Waals surface area contributed by atoms with Gasteiger partial charge >= 0.3 is 12.1 Å². The van der Waals surface area contributed by atoms with E-state index in [0.29, 0.717) is 0 Å². The van der Waals surface area contributed by atoms with Crippen LogP contribution in [0.1, 0.15) is 49.3 Å². The molecule has 0 atom stereocenters. The van der Waals surface area contributed by atoms with Gasteiger partial charge in [0.05, 0.1) is 39.4 Å². The van der Waals surface area contributed by atoms with Gasteiger partial charge in [0, 0.05) is 26.7 Å². The molecule has 3 N–H and O–H groups in total. The van der Waals surface area contributed by atoms with Gasteiger partial charge in [-0.05, 0) is 53.6 Å². The first-order chi connectivity index (χ1) is 19.8. The molecule has 4 aromatic rings. The van der Waals surface area contributed by atoms with E-state index in [1.165, 1.54) is 39.2 Å². The summed E-state index contributed by atoms with van der Waals surface area (Å²) >= 11 is 0. The fourth-order valence-electron chi connectivity index (χ4n) is 4.17. The Balaban J connectivity index is 1.90. The third-order valence-corrected chi connectivity index (χ3v) is 6.38. The fraction of sp³-hybridized carbons (Fsp3) is 0.143. The molecule has 0 bridgehead atoms. The van der Waals surface area contributed by atoms with Crippen LogP contribution in [0.4, 0.5) is 24.5 Å². The van der Waals surface area contributed by atoms with Crippen molar-refractivity contribution in [1.82, 2.24) is 10.5 Å². The average Bonchev–Trinajstić information content (AvgIpc) is 3.38. The molecule has 1 aromatic heterocycles. The summed E-state index contributed by atoms with van der Waals surface area (Å²) in [5, 5.41) is 26.9. The van der Waals surface area contributed by atoms with Crippen molar-refractivity contribution in [2.24, 2.45) is 0 Å². The number of aromatic carboxylic acids is 1. The first-order valence-corrected chi connectivity index (χ1v) is 12.0. The Bertz CT molecular complexity index is 1820. The Morgan fingerprint density at radius 3 is 2.31 bits per heavy atom. The highest BCUT2D eigenvalue weighted by atomic mass is 19.4. The second kappa shape index (κ2) is 11.0. The standard InChI is InChI=1S/C28H20F3N5O6/c1-13(37)36(3)15-5-6-16(21(9-15)28(29,30)31)17-10-20-23(11-18(17)25(38)33-2)42-35-24(20)26(39)34-22-7-4-14(12-32)8-19(22)27(40)41/h4-11H,1-3H3,(H,33,38)(H,34,39)(H,40,41). The zero-order chi connectivity index (χ0) is 30.9. The first-order valence-electron chi connectivity index (χ1n) is 12.0. The molecule has 0 saturated carbocycles. The highest BCUT2D eigenvalue weighted by Crippen LogP contribution is 2.41. The van der Waals surface area contributed by atoms with E-state index in [1.807, 2.05) is 0 Å². The van der Waals surface area contributed by atoms with Crippen molar-refractivity contribution in [2.75, 3.05) is 24.3 Å². The van der Waals surface area contributed by atoms with Gasteiger partial charge in [-0.15, -0.1) is 0 Å². The van der Waals surface area contributed by atoms with Crippen LogP contribution in [0.15, 0.2) is 53.1 Å². The summed E-state index contributed by atoms with van der Waals surface area (Å²) in [5.41, 5.74) is -3.08. The minimum absolute atomic E-state index is 0.0321. The van der Waals surface area contributed by atoms with Crippen LogP contribution in [0.2, 0.25) is 0 Å². The van der Waals surface area contributed by atoms with Crippen LogP contribution in [-0.4, -0.2) is 48.0 Å². The Kier molecular flexibility index (Phi) is 7.70. The maximum Gasteiger partial charge on any atom is 0.417 e.